The number of carbonyl (C=O) groups is 1. The van der Waals surface area contributed by atoms with Crippen LogP contribution in [0.15, 0.2) is 0 Å². The van der Waals surface area contributed by atoms with Gasteiger partial charge in [0.05, 0.1) is 5.69 Å². The first kappa shape index (κ1) is 15.9. The molecule has 0 saturated heterocycles. The molecular formula is C13H23N3O2S. The molecular weight excluding hydrogens is 262 g/mol. The molecule has 0 unspecified atom stereocenters. The van der Waals surface area contributed by atoms with Crippen molar-refractivity contribution < 1.29 is 9.90 Å². The molecule has 0 aliphatic heterocycles. The number of hydrogen-bond acceptors (Lipinski definition) is 5. The summed E-state index contributed by atoms with van der Waals surface area (Å²) < 4.78 is 0. The fourth-order valence-electron chi connectivity index (χ4n) is 1.80. The number of carboxylic acids is 1. The van der Waals surface area contributed by atoms with Crippen LogP contribution in [-0.4, -0.2) is 55.2 Å². The van der Waals surface area contributed by atoms with Gasteiger partial charge in [-0.15, -0.1) is 0 Å². The normalized spacial score (nSPS) is 11.0. The van der Waals surface area contributed by atoms with Gasteiger partial charge >= 0.3 is 5.97 Å². The summed E-state index contributed by atoms with van der Waals surface area (Å²) in [6.07, 6.45) is 2.67. The van der Waals surface area contributed by atoms with Crippen LogP contribution in [0.25, 0.3) is 0 Å². The average Bonchev–Trinajstić information content (AvgIpc) is 2.73. The zero-order valence-electron chi connectivity index (χ0n) is 12.1. The van der Waals surface area contributed by atoms with E-state index < -0.39 is 5.97 Å². The third-order valence-electron chi connectivity index (χ3n) is 2.79. The Kier molecular flexibility index (Phi) is 6.24. The molecule has 0 aromatic carbocycles. The highest BCUT2D eigenvalue weighted by Crippen LogP contribution is 2.26. The predicted octanol–water partition coefficient (Wildman–Crippen LogP) is 2.18. The van der Waals surface area contributed by atoms with Gasteiger partial charge in [0.2, 0.25) is 0 Å². The number of aryl methyl sites for hydroxylation is 1. The Hall–Kier alpha value is -1.14. The van der Waals surface area contributed by atoms with E-state index in [1.54, 1.807) is 0 Å². The molecule has 0 saturated carbocycles. The van der Waals surface area contributed by atoms with Gasteiger partial charge in [-0.05, 0) is 33.5 Å². The molecule has 0 amide bonds. The summed E-state index contributed by atoms with van der Waals surface area (Å²) in [7, 11) is 6.06. The summed E-state index contributed by atoms with van der Waals surface area (Å²) in [6.45, 7) is 3.94. The molecule has 0 radical (unpaired) electrons. The quantitative estimate of drug-likeness (QED) is 0.793. The van der Waals surface area contributed by atoms with E-state index in [0.717, 1.165) is 43.2 Å². The first-order valence-corrected chi connectivity index (χ1v) is 7.36. The highest BCUT2D eigenvalue weighted by atomic mass is 32.1. The molecule has 0 spiro atoms. The Bertz CT molecular complexity index is 418. The zero-order valence-corrected chi connectivity index (χ0v) is 13.0. The van der Waals surface area contributed by atoms with Crippen molar-refractivity contribution in [2.24, 2.45) is 0 Å². The molecule has 0 aliphatic carbocycles. The minimum absolute atomic E-state index is 0.385. The summed E-state index contributed by atoms with van der Waals surface area (Å²) in [4.78, 5) is 20.2. The lowest BCUT2D eigenvalue weighted by Crippen LogP contribution is -2.23. The van der Waals surface area contributed by atoms with Crippen molar-refractivity contribution in [3.8, 4) is 0 Å². The first-order valence-electron chi connectivity index (χ1n) is 6.54. The smallest absolute Gasteiger partial charge is 0.347 e. The third-order valence-corrected chi connectivity index (χ3v) is 3.99. The van der Waals surface area contributed by atoms with Crippen LogP contribution in [0.2, 0.25) is 0 Å². The molecule has 0 atom stereocenters. The summed E-state index contributed by atoms with van der Waals surface area (Å²) in [6, 6.07) is 0. The Morgan fingerprint density at radius 1 is 1.32 bits per heavy atom. The summed E-state index contributed by atoms with van der Waals surface area (Å²) >= 11 is 1.28. The highest BCUT2D eigenvalue weighted by Gasteiger charge is 2.18. The molecule has 0 bridgehead atoms. The van der Waals surface area contributed by atoms with E-state index in [9.17, 15) is 9.90 Å². The van der Waals surface area contributed by atoms with Gasteiger partial charge in [-0.2, -0.15) is 0 Å². The van der Waals surface area contributed by atoms with Crippen LogP contribution >= 0.6 is 11.3 Å². The molecule has 5 nitrogen and oxygen atoms in total. The lowest BCUT2D eigenvalue weighted by atomic mass is 10.2. The van der Waals surface area contributed by atoms with Crippen LogP contribution in [0.1, 0.15) is 35.1 Å². The van der Waals surface area contributed by atoms with Crippen LogP contribution in [0.4, 0.5) is 5.13 Å². The number of rotatable bonds is 8. The van der Waals surface area contributed by atoms with E-state index in [1.807, 2.05) is 33.0 Å². The number of hydrogen-bond donors (Lipinski definition) is 1. The second-order valence-electron chi connectivity index (χ2n) is 4.91. The number of anilines is 1. The van der Waals surface area contributed by atoms with Gasteiger partial charge < -0.3 is 14.9 Å². The predicted molar refractivity (Wildman–Crippen MR) is 79.5 cm³/mol. The Morgan fingerprint density at radius 3 is 2.53 bits per heavy atom. The second-order valence-corrected chi connectivity index (χ2v) is 5.88. The van der Waals surface area contributed by atoms with Crippen molar-refractivity contribution in [2.45, 2.75) is 26.2 Å². The topological polar surface area (TPSA) is 56.7 Å². The standard InChI is InChI=1S/C13H23N3O2S/c1-5-7-10-11(12(17)18)19-13(14-10)16(4)9-6-8-15(2)3/h5-9H2,1-4H3,(H,17,18). The molecule has 1 heterocycles. The number of nitrogens with zero attached hydrogens (tertiary/aromatic N) is 3. The number of carboxylic acid groups (broad SMARTS) is 1. The highest BCUT2D eigenvalue weighted by molar-refractivity contribution is 7.17. The minimum Gasteiger partial charge on any atom is -0.477 e. The fourth-order valence-corrected chi connectivity index (χ4v) is 2.73. The molecule has 6 heteroatoms. The SMILES string of the molecule is CCCc1nc(N(C)CCCN(C)C)sc1C(=O)O. The lowest BCUT2D eigenvalue weighted by Gasteiger charge is -2.17. The molecule has 0 fully saturated rings. The number of thiazole rings is 1. The molecule has 108 valence electrons. The van der Waals surface area contributed by atoms with Crippen molar-refractivity contribution in [1.29, 1.82) is 0 Å². The second kappa shape index (κ2) is 7.45. The van der Waals surface area contributed by atoms with Crippen LogP contribution < -0.4 is 4.90 Å². The minimum atomic E-state index is -0.867. The maximum absolute atomic E-state index is 11.2. The largest absolute Gasteiger partial charge is 0.477 e. The summed E-state index contributed by atoms with van der Waals surface area (Å²) in [5.41, 5.74) is 0.717. The Labute approximate surface area is 118 Å². The number of aromatic nitrogens is 1. The van der Waals surface area contributed by atoms with Gasteiger partial charge in [0, 0.05) is 13.6 Å². The molecule has 19 heavy (non-hydrogen) atoms. The van der Waals surface area contributed by atoms with Crippen LogP contribution in [0, 0.1) is 0 Å². The Morgan fingerprint density at radius 2 is 2.00 bits per heavy atom. The van der Waals surface area contributed by atoms with Gasteiger partial charge in [-0.1, -0.05) is 24.7 Å². The summed E-state index contributed by atoms with van der Waals surface area (Å²) in [5.74, 6) is -0.867. The molecule has 0 aliphatic rings. The van der Waals surface area contributed by atoms with Gasteiger partial charge in [-0.25, -0.2) is 9.78 Å². The van der Waals surface area contributed by atoms with Crippen LogP contribution in [0.3, 0.4) is 0 Å². The fraction of sp³-hybridized carbons (Fsp3) is 0.692. The van der Waals surface area contributed by atoms with E-state index in [4.69, 9.17) is 0 Å². The molecule has 1 N–H and O–H groups in total. The van der Waals surface area contributed by atoms with Gasteiger partial charge in [0.15, 0.2) is 5.13 Å². The number of aromatic carboxylic acids is 1. The van der Waals surface area contributed by atoms with E-state index >= 15 is 0 Å². The average molecular weight is 285 g/mol. The van der Waals surface area contributed by atoms with Gasteiger partial charge in [0.1, 0.15) is 4.88 Å². The van der Waals surface area contributed by atoms with E-state index in [-0.39, 0.29) is 0 Å². The molecule has 1 aromatic rings. The van der Waals surface area contributed by atoms with Crippen molar-refractivity contribution >= 4 is 22.4 Å². The van der Waals surface area contributed by atoms with Gasteiger partial charge in [0.25, 0.3) is 0 Å². The molecule has 1 aromatic heterocycles. The zero-order chi connectivity index (χ0) is 14.4. The van der Waals surface area contributed by atoms with Crippen molar-refractivity contribution in [3.05, 3.63) is 10.6 Å². The van der Waals surface area contributed by atoms with E-state index in [0.29, 0.717) is 4.88 Å². The first-order chi connectivity index (χ1) is 8.95. The van der Waals surface area contributed by atoms with Crippen molar-refractivity contribution in [1.82, 2.24) is 9.88 Å². The van der Waals surface area contributed by atoms with Crippen LogP contribution in [-0.2, 0) is 6.42 Å². The van der Waals surface area contributed by atoms with Crippen molar-refractivity contribution in [3.63, 3.8) is 0 Å². The van der Waals surface area contributed by atoms with Crippen molar-refractivity contribution in [2.75, 3.05) is 39.1 Å². The maximum Gasteiger partial charge on any atom is 0.347 e. The van der Waals surface area contributed by atoms with Crippen LogP contribution in [0.5, 0.6) is 0 Å². The molecule has 1 rings (SSSR count). The third kappa shape index (κ3) is 4.80. The van der Waals surface area contributed by atoms with E-state index in [2.05, 4.69) is 9.88 Å². The van der Waals surface area contributed by atoms with E-state index in [1.165, 1.54) is 11.3 Å². The maximum atomic E-state index is 11.2. The lowest BCUT2D eigenvalue weighted by molar-refractivity contribution is 0.0700. The summed E-state index contributed by atoms with van der Waals surface area (Å²) in [5, 5.41) is 9.99. The van der Waals surface area contributed by atoms with Gasteiger partial charge in [-0.3, -0.25) is 0 Å². The monoisotopic (exact) mass is 285 g/mol. The Balaban J connectivity index is 2.71.